The van der Waals surface area contributed by atoms with Crippen molar-refractivity contribution in [3.05, 3.63) is 30.3 Å². The van der Waals surface area contributed by atoms with Crippen LogP contribution in [0.3, 0.4) is 0 Å². The molecule has 0 bridgehead atoms. The van der Waals surface area contributed by atoms with E-state index in [0.717, 1.165) is 12.1 Å². The van der Waals surface area contributed by atoms with E-state index in [9.17, 15) is 4.79 Å². The van der Waals surface area contributed by atoms with Gasteiger partial charge in [-0.2, -0.15) is 18.2 Å². The molecule has 0 N–H and O–H groups in total. The zero-order valence-electron chi connectivity index (χ0n) is 17.0. The summed E-state index contributed by atoms with van der Waals surface area (Å²) in [5, 5.41) is 0. The Balaban J connectivity index is 0.000000460. The summed E-state index contributed by atoms with van der Waals surface area (Å²) >= 11 is 4.72. The number of rotatable bonds is 6. The van der Waals surface area contributed by atoms with Gasteiger partial charge in [0.2, 0.25) is 0 Å². The van der Waals surface area contributed by atoms with Crippen molar-refractivity contribution in [3.8, 4) is 5.75 Å². The van der Waals surface area contributed by atoms with E-state index >= 15 is 0 Å². The number of ether oxygens (including phenoxy) is 2. The van der Waals surface area contributed by atoms with E-state index in [4.69, 9.17) is 4.74 Å². The van der Waals surface area contributed by atoms with Crippen LogP contribution < -0.4 is 4.74 Å². The van der Waals surface area contributed by atoms with Gasteiger partial charge in [-0.05, 0) is 48.0 Å². The summed E-state index contributed by atoms with van der Waals surface area (Å²) in [5.41, 5.74) is 0. The van der Waals surface area contributed by atoms with E-state index in [1.807, 2.05) is 31.6 Å². The fraction of sp³-hybridized carbons (Fsp3) is 0.650. The molecular formula is C20H33IN2O3Pd. The minimum atomic E-state index is -0.361. The molecule has 2 atom stereocenters. The van der Waals surface area contributed by atoms with Gasteiger partial charge in [0.25, 0.3) is 0 Å². The Hall–Kier alpha value is -0.198. The second-order valence-electron chi connectivity index (χ2n) is 6.67. The van der Waals surface area contributed by atoms with Crippen LogP contribution in [0.1, 0.15) is 32.6 Å². The van der Waals surface area contributed by atoms with E-state index < -0.39 is 0 Å². The van der Waals surface area contributed by atoms with E-state index in [-0.39, 0.29) is 12.6 Å². The zero-order chi connectivity index (χ0) is 20.7. The molecule has 0 aliphatic heterocycles. The first-order valence-corrected chi connectivity index (χ1v) is 13.8. The van der Waals surface area contributed by atoms with E-state index in [1.165, 1.54) is 25.7 Å². The van der Waals surface area contributed by atoms with Crippen molar-refractivity contribution < 1.29 is 29.9 Å². The topological polar surface area (TPSA) is 42.0 Å². The van der Waals surface area contributed by atoms with Gasteiger partial charge in [0, 0.05) is 17.8 Å². The number of likely N-dealkylation sites (N-methyl/N-ethyl adjacent to an activating group) is 2. The average Bonchev–Trinajstić information content (AvgIpc) is 2.69. The van der Waals surface area contributed by atoms with Crippen molar-refractivity contribution >= 4 is 25.5 Å². The molecule has 27 heavy (non-hydrogen) atoms. The first kappa shape index (κ1) is 26.8. The molecule has 2 rings (SSSR count). The Kier molecular flexibility index (Phi) is 16.6. The van der Waals surface area contributed by atoms with Crippen LogP contribution >= 0.6 is 19.5 Å². The van der Waals surface area contributed by atoms with Crippen LogP contribution in [0.2, 0.25) is 0 Å². The Morgan fingerprint density at radius 3 is 2.11 bits per heavy atom. The molecule has 1 fully saturated rings. The fourth-order valence-corrected chi connectivity index (χ4v) is 3.10. The van der Waals surface area contributed by atoms with E-state index in [2.05, 4.69) is 64.4 Å². The van der Waals surface area contributed by atoms with E-state index in [1.54, 1.807) is 19.1 Å². The van der Waals surface area contributed by atoms with Gasteiger partial charge in [-0.1, -0.05) is 12.8 Å². The van der Waals surface area contributed by atoms with Crippen molar-refractivity contribution in [2.75, 3.05) is 41.4 Å². The van der Waals surface area contributed by atoms with Gasteiger partial charge >= 0.3 is 41.1 Å². The third-order valence-corrected chi connectivity index (χ3v) is 4.35. The van der Waals surface area contributed by atoms with Crippen molar-refractivity contribution in [2.45, 2.75) is 44.7 Å². The molecule has 7 heteroatoms. The predicted molar refractivity (Wildman–Crippen MR) is 115 cm³/mol. The Morgan fingerprint density at radius 2 is 1.70 bits per heavy atom. The molecule has 1 aliphatic rings. The molecule has 5 nitrogen and oxygen atoms in total. The third kappa shape index (κ3) is 12.1. The first-order valence-electron chi connectivity index (χ1n) is 9.15. The molecule has 1 saturated carbocycles. The van der Waals surface area contributed by atoms with Crippen molar-refractivity contribution in [1.82, 2.24) is 9.80 Å². The summed E-state index contributed by atoms with van der Waals surface area (Å²) in [5.74, 6) is 0.190. The molecule has 0 aromatic heterocycles. The molecule has 0 saturated heterocycles. The monoisotopic (exact) mass is 582 g/mol. The first-order chi connectivity index (χ1) is 13.0. The second kappa shape index (κ2) is 16.7. The number of nitrogens with zero attached hydrogens (tertiary/aromatic N) is 2. The summed E-state index contributed by atoms with van der Waals surface area (Å²) in [6.45, 7) is 2.07. The molecule has 158 valence electrons. The van der Waals surface area contributed by atoms with Crippen LogP contribution in [0.4, 0.5) is 0 Å². The minimum absolute atomic E-state index is 0.0612. The number of hydrogen-bond acceptors (Lipinski definition) is 5. The fourth-order valence-electron chi connectivity index (χ4n) is 3.10. The van der Waals surface area contributed by atoms with Crippen LogP contribution in [-0.2, 0) is 25.1 Å². The number of hydrogen-bond donors (Lipinski definition) is 0. The van der Waals surface area contributed by atoms with Gasteiger partial charge in [0.15, 0.2) is 6.61 Å². The van der Waals surface area contributed by atoms with Crippen LogP contribution in [0.15, 0.2) is 24.3 Å². The summed E-state index contributed by atoms with van der Waals surface area (Å²) in [6.07, 6.45) is 5.56. The van der Waals surface area contributed by atoms with E-state index in [0.29, 0.717) is 12.4 Å². The molecule has 0 radical (unpaired) electrons. The molecule has 0 unspecified atom stereocenters. The van der Waals surface area contributed by atoms with Crippen molar-refractivity contribution in [1.29, 1.82) is 0 Å². The Bertz CT molecular complexity index is 473. The number of halogens is 1. The number of benzene rings is 1. The molecule has 1 aromatic rings. The number of esters is 1. The summed E-state index contributed by atoms with van der Waals surface area (Å²) < 4.78 is 9.78. The molecule has 0 amide bonds. The average molecular weight is 583 g/mol. The quantitative estimate of drug-likeness (QED) is 0.221. The molecule has 0 spiro atoms. The van der Waals surface area contributed by atoms with Gasteiger partial charge < -0.3 is 19.3 Å². The molecule has 1 aromatic carbocycles. The van der Waals surface area contributed by atoms with Crippen molar-refractivity contribution in [2.24, 2.45) is 0 Å². The second-order valence-corrected chi connectivity index (χ2v) is 6.67. The zero-order valence-corrected chi connectivity index (χ0v) is 20.7. The van der Waals surface area contributed by atoms with Crippen molar-refractivity contribution in [3.63, 3.8) is 0 Å². The summed E-state index contributed by atoms with van der Waals surface area (Å²) in [6, 6.07) is 11.5. The molecular weight excluding hydrogens is 550 g/mol. The normalized spacial score (nSPS) is 18.7. The van der Waals surface area contributed by atoms with Crippen LogP contribution in [0.25, 0.3) is 0 Å². The number of carbonyl (C=O) groups is 1. The number of carbonyl (C=O) groups excluding carboxylic acids is 1. The maximum atomic E-state index is 10.9. The SMILES string of the molecule is CCOC(=O)COc1[c-]cccc1.CN(C)[C@@H]1CCCC[C@H]1N(C)C.[Pd+][I]. The van der Waals surface area contributed by atoms with Gasteiger partial charge in [0.05, 0.1) is 6.61 Å². The van der Waals surface area contributed by atoms with Gasteiger partial charge in [-0.15, -0.1) is 12.1 Å². The predicted octanol–water partition coefficient (Wildman–Crippen LogP) is 3.73. The van der Waals surface area contributed by atoms with Crippen LogP contribution in [0.5, 0.6) is 5.75 Å². The van der Waals surface area contributed by atoms with Crippen LogP contribution in [-0.4, -0.2) is 69.3 Å². The van der Waals surface area contributed by atoms with Gasteiger partial charge in [-0.25, -0.2) is 4.79 Å². The van der Waals surface area contributed by atoms with Gasteiger partial charge in [0.1, 0.15) is 0 Å². The third-order valence-electron chi connectivity index (χ3n) is 4.35. The van der Waals surface area contributed by atoms with Crippen LogP contribution in [0, 0.1) is 6.07 Å². The maximum absolute atomic E-state index is 10.9. The Labute approximate surface area is 186 Å². The van der Waals surface area contributed by atoms with Gasteiger partial charge in [-0.3, -0.25) is 0 Å². The number of para-hydroxylation sites is 1. The Morgan fingerprint density at radius 1 is 1.15 bits per heavy atom. The summed E-state index contributed by atoms with van der Waals surface area (Å²) in [7, 11) is 8.80. The molecule has 0 heterocycles. The summed E-state index contributed by atoms with van der Waals surface area (Å²) in [4.78, 5) is 15.6. The standard InChI is InChI=1S/C10H22N2.C10H11O3.HI.Pd/c1-11(2)9-7-5-6-8-10(9)12(3)4;1-2-12-10(11)8-13-9-6-4-3-5-7-9;;/h9-10H,5-8H2,1-4H3;3-6H,2,8H2,1H3;1H;/q;-1;;+2/p-1/t9-,10-;;;/m1.../s1. The molecule has 1 aliphatic carbocycles.